The van der Waals surface area contributed by atoms with Crippen LogP contribution in [0.15, 0.2) is 18.2 Å². The molecule has 0 fully saturated rings. The van der Waals surface area contributed by atoms with Crippen molar-refractivity contribution in [2.75, 3.05) is 13.7 Å². The molecule has 0 bridgehead atoms. The Morgan fingerprint density at radius 2 is 2.46 bits per heavy atom. The molecule has 3 nitrogen and oxygen atoms in total. The van der Waals surface area contributed by atoms with Gasteiger partial charge in [-0.25, -0.2) is 0 Å². The summed E-state index contributed by atoms with van der Waals surface area (Å²) in [7, 11) is 1.62. The summed E-state index contributed by atoms with van der Waals surface area (Å²) in [5.74, 6) is 1.03. The highest BCUT2D eigenvalue weighted by molar-refractivity contribution is 5.39. The maximum atomic E-state index is 5.41. The van der Waals surface area contributed by atoms with Crippen molar-refractivity contribution < 1.29 is 9.57 Å². The van der Waals surface area contributed by atoms with E-state index in [1.165, 1.54) is 11.1 Å². The quantitative estimate of drug-likeness (QED) is 0.709. The molecule has 1 aliphatic rings. The van der Waals surface area contributed by atoms with E-state index in [1.54, 1.807) is 7.11 Å². The third-order valence-corrected chi connectivity index (χ3v) is 2.17. The molecule has 0 aromatic heterocycles. The van der Waals surface area contributed by atoms with E-state index in [0.29, 0.717) is 0 Å². The monoisotopic (exact) mass is 179 g/mol. The Morgan fingerprint density at radius 1 is 1.54 bits per heavy atom. The zero-order chi connectivity index (χ0) is 9.10. The summed E-state index contributed by atoms with van der Waals surface area (Å²) in [6.07, 6.45) is 1.02. The van der Waals surface area contributed by atoms with Crippen LogP contribution in [0, 0.1) is 0 Å². The summed E-state index contributed by atoms with van der Waals surface area (Å²) in [4.78, 5) is 4.78. The number of hydroxylamine groups is 1. The normalized spacial score (nSPS) is 13.9. The highest BCUT2D eigenvalue weighted by Gasteiger charge is 2.11. The molecule has 0 radical (unpaired) electrons. The van der Waals surface area contributed by atoms with E-state index < -0.39 is 0 Å². The van der Waals surface area contributed by atoms with E-state index in [2.05, 4.69) is 17.6 Å². The molecule has 0 amide bonds. The van der Waals surface area contributed by atoms with Crippen molar-refractivity contribution in [1.29, 1.82) is 0 Å². The first-order valence-corrected chi connectivity index (χ1v) is 4.40. The second-order valence-corrected chi connectivity index (χ2v) is 3.07. The van der Waals surface area contributed by atoms with Gasteiger partial charge in [0.15, 0.2) is 0 Å². The Bertz CT molecular complexity index is 299. The number of fused-ring (bicyclic) bond motifs is 1. The highest BCUT2D eigenvalue weighted by atomic mass is 16.6. The molecule has 3 heteroatoms. The molecule has 1 aliphatic heterocycles. The molecule has 0 spiro atoms. The fourth-order valence-electron chi connectivity index (χ4n) is 1.51. The van der Waals surface area contributed by atoms with Gasteiger partial charge in [0.2, 0.25) is 0 Å². The van der Waals surface area contributed by atoms with Crippen LogP contribution in [0.1, 0.15) is 11.1 Å². The average Bonchev–Trinajstić information content (AvgIpc) is 2.61. The molecule has 1 aromatic carbocycles. The Labute approximate surface area is 77.6 Å². The van der Waals surface area contributed by atoms with Gasteiger partial charge in [-0.2, -0.15) is 5.48 Å². The van der Waals surface area contributed by atoms with Crippen molar-refractivity contribution in [2.45, 2.75) is 13.0 Å². The third kappa shape index (κ3) is 1.82. The summed E-state index contributed by atoms with van der Waals surface area (Å²) < 4.78 is 5.41. The molecule has 2 rings (SSSR count). The van der Waals surface area contributed by atoms with Gasteiger partial charge in [0.1, 0.15) is 5.75 Å². The Hall–Kier alpha value is -1.06. The molecule has 1 heterocycles. The van der Waals surface area contributed by atoms with Crippen LogP contribution in [0.25, 0.3) is 0 Å². The van der Waals surface area contributed by atoms with Gasteiger partial charge in [0, 0.05) is 13.0 Å². The largest absolute Gasteiger partial charge is 0.493 e. The number of nitrogens with one attached hydrogen (secondary N) is 1. The summed E-state index contributed by atoms with van der Waals surface area (Å²) >= 11 is 0. The first-order chi connectivity index (χ1) is 6.40. The predicted molar refractivity (Wildman–Crippen MR) is 49.5 cm³/mol. The van der Waals surface area contributed by atoms with Gasteiger partial charge in [0.05, 0.1) is 13.7 Å². The third-order valence-electron chi connectivity index (χ3n) is 2.17. The number of hydrogen-bond donors (Lipinski definition) is 1. The van der Waals surface area contributed by atoms with Crippen LogP contribution in [0.2, 0.25) is 0 Å². The lowest BCUT2D eigenvalue weighted by molar-refractivity contribution is 0.0867. The van der Waals surface area contributed by atoms with Gasteiger partial charge in [-0.3, -0.25) is 0 Å². The van der Waals surface area contributed by atoms with Crippen LogP contribution < -0.4 is 10.2 Å². The van der Waals surface area contributed by atoms with E-state index in [-0.39, 0.29) is 0 Å². The molecule has 0 aliphatic carbocycles. The van der Waals surface area contributed by atoms with Crippen molar-refractivity contribution in [3.8, 4) is 5.75 Å². The molecule has 1 N–H and O–H groups in total. The second-order valence-electron chi connectivity index (χ2n) is 3.07. The average molecular weight is 179 g/mol. The number of benzene rings is 1. The topological polar surface area (TPSA) is 30.5 Å². The fourth-order valence-corrected chi connectivity index (χ4v) is 1.51. The van der Waals surface area contributed by atoms with Crippen LogP contribution in [0.3, 0.4) is 0 Å². The Morgan fingerprint density at radius 3 is 3.31 bits per heavy atom. The van der Waals surface area contributed by atoms with E-state index in [0.717, 1.165) is 25.3 Å². The zero-order valence-corrected chi connectivity index (χ0v) is 7.67. The number of ether oxygens (including phenoxy) is 1. The molecule has 0 unspecified atom stereocenters. The van der Waals surface area contributed by atoms with Gasteiger partial charge in [-0.15, -0.1) is 0 Å². The Kier molecular flexibility index (Phi) is 2.47. The SMILES string of the molecule is CONCc1ccc2c(c1)CCO2. The minimum absolute atomic E-state index is 0.740. The lowest BCUT2D eigenvalue weighted by Crippen LogP contribution is -2.10. The molecule has 0 saturated carbocycles. The van der Waals surface area contributed by atoms with E-state index in [4.69, 9.17) is 9.57 Å². The molecule has 1 aromatic rings. The standard InChI is InChI=1S/C10H13NO2/c1-12-11-7-8-2-3-10-9(6-8)4-5-13-10/h2-3,6,11H,4-5,7H2,1H3. The summed E-state index contributed by atoms with van der Waals surface area (Å²) in [5, 5.41) is 0. The van der Waals surface area contributed by atoms with Gasteiger partial charge in [-0.05, 0) is 17.2 Å². The summed E-state index contributed by atoms with van der Waals surface area (Å²) in [5.41, 5.74) is 5.34. The van der Waals surface area contributed by atoms with Gasteiger partial charge in [0.25, 0.3) is 0 Å². The minimum Gasteiger partial charge on any atom is -0.493 e. The number of rotatable bonds is 3. The molecule has 0 atom stereocenters. The Balaban J connectivity index is 2.12. The van der Waals surface area contributed by atoms with Crippen LogP contribution >= 0.6 is 0 Å². The van der Waals surface area contributed by atoms with Crippen molar-refractivity contribution in [1.82, 2.24) is 5.48 Å². The van der Waals surface area contributed by atoms with Crippen LogP contribution in [0.4, 0.5) is 0 Å². The zero-order valence-electron chi connectivity index (χ0n) is 7.67. The van der Waals surface area contributed by atoms with E-state index in [9.17, 15) is 0 Å². The van der Waals surface area contributed by atoms with Crippen molar-refractivity contribution in [2.24, 2.45) is 0 Å². The predicted octanol–water partition coefficient (Wildman–Crippen LogP) is 1.27. The van der Waals surface area contributed by atoms with Crippen LogP contribution in [-0.4, -0.2) is 13.7 Å². The second kappa shape index (κ2) is 3.77. The van der Waals surface area contributed by atoms with Crippen molar-refractivity contribution >= 4 is 0 Å². The van der Waals surface area contributed by atoms with Crippen molar-refractivity contribution in [3.63, 3.8) is 0 Å². The van der Waals surface area contributed by atoms with E-state index >= 15 is 0 Å². The van der Waals surface area contributed by atoms with Gasteiger partial charge in [-0.1, -0.05) is 12.1 Å². The smallest absolute Gasteiger partial charge is 0.122 e. The number of hydrogen-bond acceptors (Lipinski definition) is 3. The molecule has 13 heavy (non-hydrogen) atoms. The highest BCUT2D eigenvalue weighted by Crippen LogP contribution is 2.25. The first kappa shape index (κ1) is 8.53. The molecule has 0 saturated heterocycles. The molecular formula is C10H13NO2. The van der Waals surface area contributed by atoms with Crippen molar-refractivity contribution in [3.05, 3.63) is 29.3 Å². The summed E-state index contributed by atoms with van der Waals surface area (Å²) in [6.45, 7) is 1.56. The molecule has 70 valence electrons. The minimum atomic E-state index is 0.740. The lowest BCUT2D eigenvalue weighted by atomic mass is 10.1. The maximum absolute atomic E-state index is 5.41. The molecular weight excluding hydrogens is 166 g/mol. The van der Waals surface area contributed by atoms with Crippen LogP contribution in [0.5, 0.6) is 5.75 Å². The maximum Gasteiger partial charge on any atom is 0.122 e. The van der Waals surface area contributed by atoms with Crippen LogP contribution in [-0.2, 0) is 17.8 Å². The fraction of sp³-hybridized carbons (Fsp3) is 0.400. The summed E-state index contributed by atoms with van der Waals surface area (Å²) in [6, 6.07) is 6.24. The first-order valence-electron chi connectivity index (χ1n) is 4.40. The van der Waals surface area contributed by atoms with E-state index in [1.807, 2.05) is 6.07 Å². The van der Waals surface area contributed by atoms with Gasteiger partial charge >= 0.3 is 0 Å². The van der Waals surface area contributed by atoms with Gasteiger partial charge < -0.3 is 9.57 Å². The lowest BCUT2D eigenvalue weighted by Gasteiger charge is -2.04.